The van der Waals surface area contributed by atoms with Gasteiger partial charge in [-0.05, 0) is 55.2 Å². The van der Waals surface area contributed by atoms with Crippen molar-refractivity contribution in [3.63, 3.8) is 0 Å². The number of nitrogens with zero attached hydrogens (tertiary/aromatic N) is 1. The highest BCUT2D eigenvalue weighted by Crippen LogP contribution is 2.36. The number of carbonyl (C=O) groups excluding carboxylic acids is 2. The van der Waals surface area contributed by atoms with Crippen LogP contribution in [0.2, 0.25) is 0 Å². The zero-order valence-electron chi connectivity index (χ0n) is 19.7. The summed E-state index contributed by atoms with van der Waals surface area (Å²) in [6.07, 6.45) is 6.61. The first kappa shape index (κ1) is 24.0. The number of rotatable bonds is 10. The third-order valence-corrected chi connectivity index (χ3v) is 6.81. The minimum atomic E-state index is -0.449. The number of nitrogens with one attached hydrogen (secondary N) is 1. The predicted molar refractivity (Wildman–Crippen MR) is 130 cm³/mol. The molecule has 3 rings (SSSR count). The molecular formula is C28H38N2O2. The van der Waals surface area contributed by atoms with Crippen LogP contribution in [0.4, 0.5) is 0 Å². The number of likely N-dealkylation sites (tertiary alicyclic amines) is 1. The lowest BCUT2D eigenvalue weighted by Gasteiger charge is -2.41. The Balaban J connectivity index is 1.63. The maximum atomic E-state index is 13.4. The van der Waals surface area contributed by atoms with Crippen LogP contribution in [0.5, 0.6) is 0 Å². The second kappa shape index (κ2) is 11.8. The molecule has 0 aliphatic carbocycles. The summed E-state index contributed by atoms with van der Waals surface area (Å²) in [4.78, 5) is 27.9. The van der Waals surface area contributed by atoms with E-state index in [0.717, 1.165) is 44.9 Å². The molecule has 2 aromatic rings. The molecule has 2 aromatic carbocycles. The van der Waals surface area contributed by atoms with Crippen molar-refractivity contribution >= 4 is 11.8 Å². The van der Waals surface area contributed by atoms with Crippen LogP contribution in [0.1, 0.15) is 62.6 Å². The van der Waals surface area contributed by atoms with Crippen LogP contribution in [0.25, 0.3) is 0 Å². The molecule has 32 heavy (non-hydrogen) atoms. The summed E-state index contributed by atoms with van der Waals surface area (Å²) < 4.78 is 0. The predicted octanol–water partition coefficient (Wildman–Crippen LogP) is 4.95. The van der Waals surface area contributed by atoms with Crippen LogP contribution in [-0.4, -0.2) is 36.3 Å². The number of aryl methyl sites for hydroxylation is 1. The highest BCUT2D eigenvalue weighted by Gasteiger charge is 2.42. The molecule has 0 atom stereocenters. The van der Waals surface area contributed by atoms with Crippen molar-refractivity contribution in [1.82, 2.24) is 10.2 Å². The summed E-state index contributed by atoms with van der Waals surface area (Å²) in [5, 5.41) is 3.23. The molecule has 0 saturated carbocycles. The fourth-order valence-electron chi connectivity index (χ4n) is 4.59. The molecule has 0 aromatic heterocycles. The molecule has 1 aliphatic heterocycles. The van der Waals surface area contributed by atoms with E-state index >= 15 is 0 Å². The Kier molecular flexibility index (Phi) is 8.90. The van der Waals surface area contributed by atoms with E-state index in [-0.39, 0.29) is 11.8 Å². The lowest BCUT2D eigenvalue weighted by Crippen LogP contribution is -2.51. The third kappa shape index (κ3) is 6.44. The van der Waals surface area contributed by atoms with Crippen LogP contribution in [0, 0.1) is 5.41 Å². The van der Waals surface area contributed by atoms with Gasteiger partial charge < -0.3 is 10.2 Å². The van der Waals surface area contributed by atoms with E-state index in [2.05, 4.69) is 55.6 Å². The van der Waals surface area contributed by atoms with Gasteiger partial charge >= 0.3 is 0 Å². The van der Waals surface area contributed by atoms with Gasteiger partial charge in [-0.2, -0.15) is 0 Å². The first-order chi connectivity index (χ1) is 15.6. The van der Waals surface area contributed by atoms with Crippen molar-refractivity contribution in [2.75, 3.05) is 19.6 Å². The highest BCUT2D eigenvalue weighted by atomic mass is 16.2. The Morgan fingerprint density at radius 2 is 1.56 bits per heavy atom. The van der Waals surface area contributed by atoms with Gasteiger partial charge in [0.25, 0.3) is 0 Å². The maximum Gasteiger partial charge on any atom is 0.226 e. The summed E-state index contributed by atoms with van der Waals surface area (Å²) >= 11 is 0. The standard InChI is InChI=1S/C28H38N2O2/c1-3-5-11-26(31)30-20-17-28(18-21-30,22-25-9-7-6-8-10-25)27(32)29-19-16-24-14-12-23(4-2)13-15-24/h6-10,12-15H,3-5,11,16-22H2,1-2H3,(H,29,32). The van der Waals surface area contributed by atoms with Crippen LogP contribution >= 0.6 is 0 Å². The Bertz CT molecular complexity index is 853. The number of hydrogen-bond acceptors (Lipinski definition) is 2. The van der Waals surface area contributed by atoms with Gasteiger partial charge in [0.1, 0.15) is 0 Å². The van der Waals surface area contributed by atoms with Crippen molar-refractivity contribution in [2.24, 2.45) is 5.41 Å². The van der Waals surface area contributed by atoms with E-state index in [4.69, 9.17) is 0 Å². The number of benzene rings is 2. The summed E-state index contributed by atoms with van der Waals surface area (Å²) in [5.41, 5.74) is 3.31. The SMILES string of the molecule is CCCCC(=O)N1CCC(Cc2ccccc2)(C(=O)NCCc2ccc(CC)cc2)CC1. The molecule has 0 unspecified atom stereocenters. The summed E-state index contributed by atoms with van der Waals surface area (Å²) in [7, 11) is 0. The van der Waals surface area contributed by atoms with E-state index in [1.807, 2.05) is 23.1 Å². The Morgan fingerprint density at radius 1 is 0.906 bits per heavy atom. The second-order valence-corrected chi connectivity index (χ2v) is 9.10. The normalized spacial score (nSPS) is 15.4. The summed E-state index contributed by atoms with van der Waals surface area (Å²) in [6, 6.07) is 18.9. The van der Waals surface area contributed by atoms with Crippen molar-refractivity contribution in [1.29, 1.82) is 0 Å². The Labute approximate surface area is 193 Å². The zero-order chi connectivity index (χ0) is 22.8. The number of piperidine rings is 1. The lowest BCUT2D eigenvalue weighted by molar-refractivity contribution is -0.140. The molecule has 1 N–H and O–H groups in total. The van der Waals surface area contributed by atoms with Crippen LogP contribution in [0.3, 0.4) is 0 Å². The third-order valence-electron chi connectivity index (χ3n) is 6.81. The molecule has 0 radical (unpaired) electrons. The minimum absolute atomic E-state index is 0.132. The van der Waals surface area contributed by atoms with Crippen LogP contribution in [0.15, 0.2) is 54.6 Å². The molecule has 1 heterocycles. The Morgan fingerprint density at radius 3 is 2.19 bits per heavy atom. The topological polar surface area (TPSA) is 49.4 Å². The molecule has 4 heteroatoms. The highest BCUT2D eigenvalue weighted by molar-refractivity contribution is 5.84. The number of amides is 2. The van der Waals surface area contributed by atoms with Gasteiger partial charge in [-0.1, -0.05) is 74.9 Å². The van der Waals surface area contributed by atoms with E-state index in [9.17, 15) is 9.59 Å². The molecule has 4 nitrogen and oxygen atoms in total. The van der Waals surface area contributed by atoms with Crippen LogP contribution in [-0.2, 0) is 28.9 Å². The van der Waals surface area contributed by atoms with Gasteiger partial charge in [-0.25, -0.2) is 0 Å². The largest absolute Gasteiger partial charge is 0.355 e. The fraction of sp³-hybridized carbons (Fsp3) is 0.500. The van der Waals surface area contributed by atoms with Gasteiger partial charge in [-0.15, -0.1) is 0 Å². The Hall–Kier alpha value is -2.62. The maximum absolute atomic E-state index is 13.4. The van der Waals surface area contributed by atoms with Crippen molar-refractivity contribution < 1.29 is 9.59 Å². The lowest BCUT2D eigenvalue weighted by atomic mass is 9.73. The molecule has 2 amide bonds. The van der Waals surface area contributed by atoms with Gasteiger partial charge in [-0.3, -0.25) is 9.59 Å². The molecule has 172 valence electrons. The monoisotopic (exact) mass is 434 g/mol. The second-order valence-electron chi connectivity index (χ2n) is 9.10. The summed E-state index contributed by atoms with van der Waals surface area (Å²) in [6.45, 7) is 6.24. The van der Waals surface area contributed by atoms with Crippen molar-refractivity contribution in [3.05, 3.63) is 71.3 Å². The van der Waals surface area contributed by atoms with E-state index in [1.165, 1.54) is 16.7 Å². The number of unbranched alkanes of at least 4 members (excludes halogenated alkanes) is 1. The molecular weight excluding hydrogens is 396 g/mol. The molecule has 1 fully saturated rings. The van der Waals surface area contributed by atoms with Crippen molar-refractivity contribution in [2.45, 2.75) is 65.2 Å². The molecule has 1 aliphatic rings. The van der Waals surface area contributed by atoms with E-state index in [0.29, 0.717) is 26.1 Å². The number of hydrogen-bond donors (Lipinski definition) is 1. The van der Waals surface area contributed by atoms with Gasteiger partial charge in [0, 0.05) is 26.1 Å². The minimum Gasteiger partial charge on any atom is -0.355 e. The fourth-order valence-corrected chi connectivity index (χ4v) is 4.59. The molecule has 0 spiro atoms. The average Bonchev–Trinajstić information content (AvgIpc) is 2.84. The quantitative estimate of drug-likeness (QED) is 0.575. The first-order valence-corrected chi connectivity index (χ1v) is 12.2. The molecule has 1 saturated heterocycles. The van der Waals surface area contributed by atoms with E-state index in [1.54, 1.807) is 0 Å². The van der Waals surface area contributed by atoms with Crippen molar-refractivity contribution in [3.8, 4) is 0 Å². The molecule has 0 bridgehead atoms. The smallest absolute Gasteiger partial charge is 0.226 e. The summed E-state index contributed by atoms with van der Waals surface area (Å²) in [5.74, 6) is 0.364. The van der Waals surface area contributed by atoms with E-state index < -0.39 is 5.41 Å². The van der Waals surface area contributed by atoms with Crippen LogP contribution < -0.4 is 5.32 Å². The van der Waals surface area contributed by atoms with Gasteiger partial charge in [0.05, 0.1) is 5.41 Å². The average molecular weight is 435 g/mol. The van der Waals surface area contributed by atoms with Gasteiger partial charge in [0.15, 0.2) is 0 Å². The van der Waals surface area contributed by atoms with Gasteiger partial charge in [0.2, 0.25) is 11.8 Å². The zero-order valence-corrected chi connectivity index (χ0v) is 19.7. The first-order valence-electron chi connectivity index (χ1n) is 12.2. The number of carbonyl (C=O) groups is 2.